The van der Waals surface area contributed by atoms with Gasteiger partial charge >= 0.3 is 0 Å². The number of hydrogen-bond donors (Lipinski definition) is 3. The van der Waals surface area contributed by atoms with Crippen LogP contribution in [0.25, 0.3) is 0 Å². The molecule has 0 saturated carbocycles. The summed E-state index contributed by atoms with van der Waals surface area (Å²) in [5.41, 5.74) is 1.51. The first kappa shape index (κ1) is 22.5. The van der Waals surface area contributed by atoms with E-state index in [0.29, 0.717) is 34.9 Å². The molecule has 0 unspecified atom stereocenters. The van der Waals surface area contributed by atoms with Crippen LogP contribution >= 0.6 is 47.2 Å². The van der Waals surface area contributed by atoms with Crippen LogP contribution in [0.3, 0.4) is 0 Å². The van der Waals surface area contributed by atoms with Crippen molar-refractivity contribution in [1.82, 2.24) is 20.2 Å². The van der Waals surface area contributed by atoms with Crippen molar-refractivity contribution in [2.45, 2.75) is 13.5 Å². The van der Waals surface area contributed by atoms with Gasteiger partial charge in [-0.15, -0.1) is 24.0 Å². The molecule has 0 bridgehead atoms. The highest BCUT2D eigenvalue weighted by atomic mass is 127. The molecule has 0 aromatic carbocycles. The molecule has 0 aliphatic rings. The van der Waals surface area contributed by atoms with Crippen molar-refractivity contribution in [3.8, 4) is 0 Å². The summed E-state index contributed by atoms with van der Waals surface area (Å²) in [6.45, 7) is 3.08. The minimum absolute atomic E-state index is 0. The average Bonchev–Trinajstić information content (AvgIpc) is 2.85. The van der Waals surface area contributed by atoms with Crippen LogP contribution in [-0.2, 0) is 18.4 Å². The van der Waals surface area contributed by atoms with Gasteiger partial charge < -0.3 is 20.5 Å². The molecule has 1 amide bonds. The Labute approximate surface area is 179 Å². The van der Waals surface area contributed by atoms with Crippen molar-refractivity contribution in [3.05, 3.63) is 46.5 Å². The summed E-state index contributed by atoms with van der Waals surface area (Å²) in [6, 6.07) is 5.30. The van der Waals surface area contributed by atoms with E-state index in [-0.39, 0.29) is 36.4 Å². The Bertz CT molecular complexity index is 751. The van der Waals surface area contributed by atoms with Crippen LogP contribution in [0.15, 0.2) is 35.6 Å². The van der Waals surface area contributed by atoms with Crippen LogP contribution in [0.2, 0.25) is 10.2 Å². The van der Waals surface area contributed by atoms with Crippen molar-refractivity contribution in [3.63, 3.8) is 0 Å². The number of carbonyl (C=O) groups excluding carboxylic acids is 1. The summed E-state index contributed by atoms with van der Waals surface area (Å²) in [5, 5.41) is 9.78. The zero-order chi connectivity index (χ0) is 18.2. The van der Waals surface area contributed by atoms with Crippen LogP contribution < -0.4 is 16.0 Å². The predicted molar refractivity (Wildman–Crippen MR) is 117 cm³/mol. The number of amides is 1. The molecule has 0 atom stereocenters. The molecule has 2 aromatic heterocycles. The second kappa shape index (κ2) is 11.2. The van der Waals surface area contributed by atoms with Gasteiger partial charge in [0.15, 0.2) is 5.96 Å². The summed E-state index contributed by atoms with van der Waals surface area (Å²) in [6.07, 6.45) is 3.23. The molecule has 26 heavy (non-hydrogen) atoms. The van der Waals surface area contributed by atoms with Crippen molar-refractivity contribution in [1.29, 1.82) is 0 Å². The maximum Gasteiger partial charge on any atom is 0.243 e. The van der Waals surface area contributed by atoms with Crippen LogP contribution in [0.5, 0.6) is 0 Å². The lowest BCUT2D eigenvalue weighted by Crippen LogP contribution is -2.41. The number of nitrogens with zero attached hydrogens (tertiary/aromatic N) is 3. The topological polar surface area (TPSA) is 83.3 Å². The summed E-state index contributed by atoms with van der Waals surface area (Å²) >= 11 is 12.0. The molecular formula is C16H21Cl2IN6O. The summed E-state index contributed by atoms with van der Waals surface area (Å²) < 4.78 is 1.77. The number of halogens is 3. The lowest BCUT2D eigenvalue weighted by molar-refractivity contribution is -0.115. The normalized spacial score (nSPS) is 10.8. The number of guanidine groups is 1. The van der Waals surface area contributed by atoms with E-state index in [9.17, 15) is 4.79 Å². The molecule has 7 nitrogen and oxygen atoms in total. The maximum atomic E-state index is 12.0. The molecule has 2 heterocycles. The van der Waals surface area contributed by atoms with Crippen molar-refractivity contribution < 1.29 is 4.79 Å². The number of rotatable bonds is 6. The molecule has 0 radical (unpaired) electrons. The van der Waals surface area contributed by atoms with Gasteiger partial charge in [0, 0.05) is 25.5 Å². The Balaban J connectivity index is 0.00000338. The Kier molecular flexibility index (Phi) is 9.74. The van der Waals surface area contributed by atoms with E-state index in [1.807, 2.05) is 14.0 Å². The highest BCUT2D eigenvalue weighted by Gasteiger charge is 2.09. The van der Waals surface area contributed by atoms with Gasteiger partial charge in [0.2, 0.25) is 5.91 Å². The maximum absolute atomic E-state index is 12.0. The SMILES string of the molecule is CCNC(=NCc1cc(Cl)c(Cl)n1C)NCC(=O)Nc1cccnc1.I. The number of aromatic nitrogens is 2. The fourth-order valence-corrected chi connectivity index (χ4v) is 2.46. The molecule has 2 aromatic rings. The Hall–Kier alpha value is -1.52. The third kappa shape index (κ3) is 6.65. The zero-order valence-electron chi connectivity index (χ0n) is 14.4. The van der Waals surface area contributed by atoms with E-state index in [1.165, 1.54) is 0 Å². The van der Waals surface area contributed by atoms with Gasteiger partial charge in [-0.3, -0.25) is 9.78 Å². The fourth-order valence-electron chi connectivity index (χ4n) is 2.05. The molecule has 142 valence electrons. The van der Waals surface area contributed by atoms with Gasteiger partial charge in [-0.1, -0.05) is 23.2 Å². The molecule has 0 saturated heterocycles. The average molecular weight is 511 g/mol. The van der Waals surface area contributed by atoms with Gasteiger partial charge in [0.1, 0.15) is 5.15 Å². The smallest absolute Gasteiger partial charge is 0.243 e. The third-order valence-electron chi connectivity index (χ3n) is 3.32. The van der Waals surface area contributed by atoms with E-state index < -0.39 is 0 Å². The molecule has 0 spiro atoms. The lowest BCUT2D eigenvalue weighted by atomic mass is 10.4. The zero-order valence-corrected chi connectivity index (χ0v) is 18.3. The number of hydrogen-bond acceptors (Lipinski definition) is 3. The van der Waals surface area contributed by atoms with Gasteiger partial charge in [-0.25, -0.2) is 4.99 Å². The predicted octanol–water partition coefficient (Wildman–Crippen LogP) is 3.04. The first-order chi connectivity index (χ1) is 12.0. The number of carbonyl (C=O) groups is 1. The molecular weight excluding hydrogens is 490 g/mol. The third-order valence-corrected chi connectivity index (χ3v) is 4.16. The molecule has 2 rings (SSSR count). The summed E-state index contributed by atoms with van der Waals surface area (Å²) in [5.74, 6) is 0.334. The Morgan fingerprint density at radius 2 is 2.12 bits per heavy atom. The monoisotopic (exact) mass is 510 g/mol. The number of nitrogens with one attached hydrogen (secondary N) is 3. The van der Waals surface area contributed by atoms with Crippen LogP contribution in [0.1, 0.15) is 12.6 Å². The molecule has 0 fully saturated rings. The number of pyridine rings is 1. The second-order valence-corrected chi connectivity index (χ2v) is 5.94. The molecule has 3 N–H and O–H groups in total. The summed E-state index contributed by atoms with van der Waals surface area (Å²) in [7, 11) is 1.82. The Morgan fingerprint density at radius 1 is 1.35 bits per heavy atom. The standard InChI is InChI=1S/C16H20Cl2N6O.HI/c1-3-20-16(21-9-12-7-13(17)15(18)24(12)2)22-10-14(25)23-11-5-4-6-19-8-11;/h4-8H,3,9-10H2,1-2H3,(H,23,25)(H2,20,21,22);1H. The van der Waals surface area contributed by atoms with Gasteiger partial charge in [0.25, 0.3) is 0 Å². The van der Waals surface area contributed by atoms with E-state index in [0.717, 1.165) is 5.69 Å². The number of aliphatic imine (C=N–C) groups is 1. The van der Waals surface area contributed by atoms with Crippen molar-refractivity contribution >= 4 is 64.7 Å². The number of anilines is 1. The fraction of sp³-hybridized carbons (Fsp3) is 0.312. The molecule has 10 heteroatoms. The van der Waals surface area contributed by atoms with Crippen LogP contribution in [0, 0.1) is 0 Å². The largest absolute Gasteiger partial charge is 0.357 e. The van der Waals surface area contributed by atoms with Gasteiger partial charge in [0.05, 0.1) is 30.0 Å². The van der Waals surface area contributed by atoms with Crippen molar-refractivity contribution in [2.24, 2.45) is 12.0 Å². The Morgan fingerprint density at radius 3 is 2.69 bits per heavy atom. The molecule has 0 aliphatic carbocycles. The van der Waals surface area contributed by atoms with E-state index in [2.05, 4.69) is 25.9 Å². The second-order valence-electron chi connectivity index (χ2n) is 5.17. The quantitative estimate of drug-likeness (QED) is 0.317. The van der Waals surface area contributed by atoms with Crippen LogP contribution in [-0.4, -0.2) is 34.5 Å². The van der Waals surface area contributed by atoms with Gasteiger partial charge in [-0.05, 0) is 25.1 Å². The molecule has 0 aliphatic heterocycles. The highest BCUT2D eigenvalue weighted by Crippen LogP contribution is 2.25. The first-order valence-electron chi connectivity index (χ1n) is 7.73. The summed E-state index contributed by atoms with van der Waals surface area (Å²) in [4.78, 5) is 20.4. The van der Waals surface area contributed by atoms with Crippen LogP contribution in [0.4, 0.5) is 5.69 Å². The van der Waals surface area contributed by atoms with E-state index in [1.54, 1.807) is 35.2 Å². The van der Waals surface area contributed by atoms with E-state index in [4.69, 9.17) is 23.2 Å². The van der Waals surface area contributed by atoms with Crippen molar-refractivity contribution in [2.75, 3.05) is 18.4 Å². The first-order valence-corrected chi connectivity index (χ1v) is 8.48. The minimum Gasteiger partial charge on any atom is -0.357 e. The van der Waals surface area contributed by atoms with E-state index >= 15 is 0 Å². The van der Waals surface area contributed by atoms with Gasteiger partial charge in [-0.2, -0.15) is 0 Å². The highest BCUT2D eigenvalue weighted by molar-refractivity contribution is 14.0. The minimum atomic E-state index is -0.191. The lowest BCUT2D eigenvalue weighted by Gasteiger charge is -2.11.